The molecule has 0 bridgehead atoms. The zero-order chi connectivity index (χ0) is 16.8. The molecule has 0 spiro atoms. The summed E-state index contributed by atoms with van der Waals surface area (Å²) in [5, 5.41) is 2.77. The predicted octanol–water partition coefficient (Wildman–Crippen LogP) is 4.31. The third kappa shape index (κ3) is 8.98. The van der Waals surface area contributed by atoms with Crippen molar-refractivity contribution in [2.75, 3.05) is 0 Å². The van der Waals surface area contributed by atoms with Crippen LogP contribution in [0.2, 0.25) is 0 Å². The lowest BCUT2D eigenvalue weighted by Crippen LogP contribution is -1.89. The van der Waals surface area contributed by atoms with Crippen molar-refractivity contribution >= 4 is 26.7 Å². The van der Waals surface area contributed by atoms with Crippen molar-refractivity contribution < 1.29 is 4.79 Å². The van der Waals surface area contributed by atoms with Crippen LogP contribution in [0.1, 0.15) is 37.7 Å². The summed E-state index contributed by atoms with van der Waals surface area (Å²) in [7, 11) is 2.37. The molecule has 1 aromatic carbocycles. The van der Waals surface area contributed by atoms with Crippen LogP contribution >= 0.6 is 9.39 Å². The number of fused-ring (bicyclic) bond motifs is 1. The van der Waals surface area contributed by atoms with E-state index in [0.29, 0.717) is 12.0 Å². The van der Waals surface area contributed by atoms with Gasteiger partial charge in [-0.2, -0.15) is 0 Å². The van der Waals surface area contributed by atoms with E-state index in [1.54, 1.807) is 0 Å². The van der Waals surface area contributed by atoms with E-state index in [0.717, 1.165) is 16.6 Å². The average molecular weight is 317 g/mol. The number of hydrogen-bond donors (Lipinski definition) is 1. The number of para-hydroxylation sites is 2. The SMILES string of the molecule is C=C(C)/C=C\NP.CCC.O=Cc1cnc2ccccc2n1. The molecule has 0 amide bonds. The summed E-state index contributed by atoms with van der Waals surface area (Å²) in [6.07, 6.45) is 7.12. The first-order chi connectivity index (χ1) is 10.6. The molecule has 2 aromatic rings. The largest absolute Gasteiger partial charge is 0.375 e. The minimum absolute atomic E-state index is 0.369. The molecule has 0 saturated carbocycles. The second-order valence-corrected chi connectivity index (χ2v) is 4.79. The van der Waals surface area contributed by atoms with Gasteiger partial charge in [0.2, 0.25) is 0 Å². The number of rotatable bonds is 3. The average Bonchev–Trinajstić information content (AvgIpc) is 2.53. The van der Waals surface area contributed by atoms with Crippen LogP contribution in [0.25, 0.3) is 11.0 Å². The Morgan fingerprint density at radius 1 is 1.32 bits per heavy atom. The fraction of sp³-hybridized carbons (Fsp3) is 0.235. The van der Waals surface area contributed by atoms with Crippen molar-refractivity contribution in [2.24, 2.45) is 0 Å². The quantitative estimate of drug-likeness (QED) is 0.520. The van der Waals surface area contributed by atoms with Crippen molar-refractivity contribution in [3.05, 3.63) is 60.6 Å². The van der Waals surface area contributed by atoms with Crippen LogP contribution in [0.4, 0.5) is 0 Å². The summed E-state index contributed by atoms with van der Waals surface area (Å²) in [5.74, 6) is 0. The molecule has 2 rings (SSSR count). The molecule has 1 atom stereocenters. The normalized spacial score (nSPS) is 9.27. The third-order valence-electron chi connectivity index (χ3n) is 2.05. The number of aromatic nitrogens is 2. The van der Waals surface area contributed by atoms with Gasteiger partial charge in [-0.05, 0) is 40.7 Å². The highest BCUT2D eigenvalue weighted by Crippen LogP contribution is 2.06. The highest BCUT2D eigenvalue weighted by molar-refractivity contribution is 7.13. The highest BCUT2D eigenvalue weighted by atomic mass is 31.0. The fourth-order valence-corrected chi connectivity index (χ4v) is 1.31. The molecule has 1 heterocycles. The second-order valence-electron chi connectivity index (χ2n) is 4.45. The van der Waals surface area contributed by atoms with Gasteiger partial charge in [-0.25, -0.2) is 4.98 Å². The van der Waals surface area contributed by atoms with E-state index in [-0.39, 0.29) is 0 Å². The number of carbonyl (C=O) groups is 1. The van der Waals surface area contributed by atoms with E-state index in [1.807, 2.05) is 43.5 Å². The van der Waals surface area contributed by atoms with Gasteiger partial charge in [-0.15, -0.1) is 0 Å². The van der Waals surface area contributed by atoms with Crippen molar-refractivity contribution in [2.45, 2.75) is 27.2 Å². The molecule has 0 saturated heterocycles. The van der Waals surface area contributed by atoms with Crippen LogP contribution in [0, 0.1) is 0 Å². The van der Waals surface area contributed by atoms with Gasteiger partial charge in [0.1, 0.15) is 5.69 Å². The molecule has 0 aliphatic carbocycles. The lowest BCUT2D eigenvalue weighted by Gasteiger charge is -1.94. The van der Waals surface area contributed by atoms with Gasteiger partial charge in [-0.3, -0.25) is 9.78 Å². The van der Waals surface area contributed by atoms with Gasteiger partial charge in [0.15, 0.2) is 6.29 Å². The molecule has 22 heavy (non-hydrogen) atoms. The lowest BCUT2D eigenvalue weighted by atomic mass is 10.3. The number of allylic oxidation sites excluding steroid dienone is 2. The molecule has 5 heteroatoms. The summed E-state index contributed by atoms with van der Waals surface area (Å²) < 4.78 is 0. The maximum absolute atomic E-state index is 10.3. The minimum atomic E-state index is 0.369. The van der Waals surface area contributed by atoms with Gasteiger partial charge < -0.3 is 5.09 Å². The Morgan fingerprint density at radius 3 is 2.36 bits per heavy atom. The Bertz CT molecular complexity index is 612. The van der Waals surface area contributed by atoms with E-state index in [9.17, 15) is 4.79 Å². The van der Waals surface area contributed by atoms with E-state index >= 15 is 0 Å². The summed E-state index contributed by atoms with van der Waals surface area (Å²) in [6, 6.07) is 7.44. The molecule has 0 aliphatic rings. The van der Waals surface area contributed by atoms with Gasteiger partial charge in [0.05, 0.1) is 17.2 Å². The Hall–Kier alpha value is -2.06. The van der Waals surface area contributed by atoms with E-state index in [1.165, 1.54) is 12.6 Å². The molecule has 4 nitrogen and oxygen atoms in total. The molecule has 1 aromatic heterocycles. The van der Waals surface area contributed by atoms with Crippen LogP contribution in [-0.2, 0) is 0 Å². The maximum Gasteiger partial charge on any atom is 0.170 e. The monoisotopic (exact) mass is 317 g/mol. The molecule has 0 fully saturated rings. The lowest BCUT2D eigenvalue weighted by molar-refractivity contribution is 0.111. The minimum Gasteiger partial charge on any atom is -0.375 e. The van der Waals surface area contributed by atoms with Gasteiger partial charge in [-0.1, -0.05) is 44.6 Å². The van der Waals surface area contributed by atoms with Crippen LogP contribution in [0.3, 0.4) is 0 Å². The molecular formula is C17H24N3OP. The first-order valence-corrected chi connectivity index (χ1v) is 7.61. The maximum atomic E-state index is 10.3. The summed E-state index contributed by atoms with van der Waals surface area (Å²) in [4.78, 5) is 18.5. The van der Waals surface area contributed by atoms with E-state index < -0.39 is 0 Å². The summed E-state index contributed by atoms with van der Waals surface area (Å²) in [6.45, 7) is 9.85. The van der Waals surface area contributed by atoms with Crippen molar-refractivity contribution in [3.8, 4) is 0 Å². The van der Waals surface area contributed by atoms with Gasteiger partial charge in [0.25, 0.3) is 0 Å². The smallest absolute Gasteiger partial charge is 0.170 e. The number of aldehydes is 1. The zero-order valence-corrected chi connectivity index (χ0v) is 14.6. The summed E-state index contributed by atoms with van der Waals surface area (Å²) in [5.41, 5.74) is 2.98. The Labute approximate surface area is 135 Å². The van der Waals surface area contributed by atoms with Crippen LogP contribution in [0.15, 0.2) is 54.9 Å². The van der Waals surface area contributed by atoms with Crippen molar-refractivity contribution in [1.29, 1.82) is 0 Å². The third-order valence-corrected chi connectivity index (χ3v) is 2.24. The molecule has 1 N–H and O–H groups in total. The number of hydrogen-bond acceptors (Lipinski definition) is 4. The first-order valence-electron chi connectivity index (χ1n) is 7.04. The Morgan fingerprint density at radius 2 is 1.91 bits per heavy atom. The van der Waals surface area contributed by atoms with Crippen molar-refractivity contribution in [3.63, 3.8) is 0 Å². The molecule has 1 unspecified atom stereocenters. The molecule has 0 radical (unpaired) electrons. The number of benzene rings is 1. The van der Waals surface area contributed by atoms with E-state index in [4.69, 9.17) is 0 Å². The van der Waals surface area contributed by atoms with Crippen LogP contribution in [-0.4, -0.2) is 16.3 Å². The number of carbonyl (C=O) groups excluding carboxylic acids is 1. The summed E-state index contributed by atoms with van der Waals surface area (Å²) >= 11 is 0. The standard InChI is InChI=1S/C9H6N2O.C5H10NP.C3H8/c12-6-7-5-10-8-3-1-2-4-9(8)11-7;1-5(2)3-4-6-7;1-3-2/h1-6H;3-4,6H,1,7H2,2H3;3H2,1-2H3/b;4-3-;. The van der Waals surface area contributed by atoms with Crippen LogP contribution < -0.4 is 5.09 Å². The number of nitrogens with one attached hydrogen (secondary N) is 1. The predicted molar refractivity (Wildman–Crippen MR) is 97.7 cm³/mol. The Balaban J connectivity index is 0.000000379. The zero-order valence-electron chi connectivity index (χ0n) is 13.4. The second kappa shape index (κ2) is 12.7. The van der Waals surface area contributed by atoms with Crippen LogP contribution in [0.5, 0.6) is 0 Å². The van der Waals surface area contributed by atoms with Gasteiger partial charge >= 0.3 is 0 Å². The number of nitrogens with zero attached hydrogens (tertiary/aromatic N) is 2. The van der Waals surface area contributed by atoms with Gasteiger partial charge in [0, 0.05) is 0 Å². The highest BCUT2D eigenvalue weighted by Gasteiger charge is 1.95. The molecular weight excluding hydrogens is 293 g/mol. The first kappa shape index (κ1) is 19.9. The molecule has 0 aliphatic heterocycles. The van der Waals surface area contributed by atoms with Crippen molar-refractivity contribution in [1.82, 2.24) is 15.1 Å². The topological polar surface area (TPSA) is 54.9 Å². The molecule has 118 valence electrons. The fourth-order valence-electron chi connectivity index (χ4n) is 1.22. The van der Waals surface area contributed by atoms with E-state index in [2.05, 4.69) is 44.9 Å². The Kier molecular flexibility index (Phi) is 11.5.